The molecule has 0 unspecified atom stereocenters. The topological polar surface area (TPSA) is 102 Å². The van der Waals surface area contributed by atoms with E-state index < -0.39 is 0 Å². The summed E-state index contributed by atoms with van der Waals surface area (Å²) in [5.41, 5.74) is 6.54. The lowest BCUT2D eigenvalue weighted by atomic mass is 10.3. The fourth-order valence-electron chi connectivity index (χ4n) is 0.951. The number of rotatable bonds is 1. The number of pyridine rings is 1. The van der Waals surface area contributed by atoms with Gasteiger partial charge in [0.15, 0.2) is 11.5 Å². The highest BCUT2D eigenvalue weighted by molar-refractivity contribution is 5.96. The Morgan fingerprint density at radius 2 is 2.38 bits per heavy atom. The molecule has 0 aliphatic rings. The normalized spacial score (nSPS) is 12.2. The lowest BCUT2D eigenvalue weighted by Crippen LogP contribution is -2.13. The number of amidine groups is 1. The van der Waals surface area contributed by atoms with Gasteiger partial charge in [0, 0.05) is 11.8 Å². The summed E-state index contributed by atoms with van der Waals surface area (Å²) in [6.45, 7) is 0. The standard InChI is InChI=1S/C6H6N6O/c7-6(9-13)4-1-2-5-8-10-11-12(5)3-4/h1-3,13H,(H2,7,9). The second-order valence-electron chi connectivity index (χ2n) is 2.38. The number of tetrazole rings is 1. The summed E-state index contributed by atoms with van der Waals surface area (Å²) in [5, 5.41) is 22.1. The third kappa shape index (κ3) is 1.15. The van der Waals surface area contributed by atoms with E-state index in [0.717, 1.165) is 0 Å². The van der Waals surface area contributed by atoms with Crippen molar-refractivity contribution < 1.29 is 5.21 Å². The second kappa shape index (κ2) is 2.70. The van der Waals surface area contributed by atoms with Crippen LogP contribution in [0.3, 0.4) is 0 Å². The van der Waals surface area contributed by atoms with E-state index in [4.69, 9.17) is 10.9 Å². The largest absolute Gasteiger partial charge is 0.409 e. The lowest BCUT2D eigenvalue weighted by Gasteiger charge is -1.96. The first-order valence-electron chi connectivity index (χ1n) is 3.47. The minimum Gasteiger partial charge on any atom is -0.409 e. The molecule has 0 aliphatic heterocycles. The summed E-state index contributed by atoms with van der Waals surface area (Å²) in [6.07, 6.45) is 1.57. The molecule has 0 atom stereocenters. The molecule has 2 aromatic heterocycles. The number of nitrogens with zero attached hydrogens (tertiary/aromatic N) is 5. The Hall–Kier alpha value is -2.18. The van der Waals surface area contributed by atoms with Crippen LogP contribution in [0.4, 0.5) is 0 Å². The highest BCUT2D eigenvalue weighted by atomic mass is 16.4. The van der Waals surface area contributed by atoms with Crippen LogP contribution in [0, 0.1) is 0 Å². The molecule has 0 saturated heterocycles. The Kier molecular flexibility index (Phi) is 1.55. The zero-order valence-corrected chi connectivity index (χ0v) is 6.49. The number of nitrogens with two attached hydrogens (primary N) is 1. The van der Waals surface area contributed by atoms with Crippen molar-refractivity contribution in [1.82, 2.24) is 20.0 Å². The lowest BCUT2D eigenvalue weighted by molar-refractivity contribution is 0.318. The number of hydrogen-bond donors (Lipinski definition) is 2. The predicted octanol–water partition coefficient (Wildman–Crippen LogP) is -0.781. The second-order valence-corrected chi connectivity index (χ2v) is 2.38. The highest BCUT2D eigenvalue weighted by Crippen LogP contribution is 2.01. The van der Waals surface area contributed by atoms with E-state index in [1.807, 2.05) is 0 Å². The zero-order valence-electron chi connectivity index (χ0n) is 6.49. The fourth-order valence-corrected chi connectivity index (χ4v) is 0.951. The SMILES string of the molecule is N/C(=N/O)c1ccc2nnnn2c1. The van der Waals surface area contributed by atoms with Gasteiger partial charge in [0.1, 0.15) is 0 Å². The van der Waals surface area contributed by atoms with Crippen molar-refractivity contribution in [1.29, 1.82) is 0 Å². The number of hydrogen-bond acceptors (Lipinski definition) is 5. The smallest absolute Gasteiger partial charge is 0.179 e. The Bertz CT molecular complexity index is 461. The molecule has 0 radical (unpaired) electrons. The van der Waals surface area contributed by atoms with Gasteiger partial charge in [-0.15, -0.1) is 5.10 Å². The quantitative estimate of drug-likeness (QED) is 0.258. The molecule has 0 aliphatic carbocycles. The van der Waals surface area contributed by atoms with Gasteiger partial charge in [0.05, 0.1) is 0 Å². The van der Waals surface area contributed by atoms with E-state index in [2.05, 4.69) is 20.7 Å². The number of aromatic nitrogens is 4. The predicted molar refractivity (Wildman–Crippen MR) is 43.3 cm³/mol. The van der Waals surface area contributed by atoms with Crippen LogP contribution in [0.2, 0.25) is 0 Å². The molecular formula is C6H6N6O. The van der Waals surface area contributed by atoms with Gasteiger partial charge in [-0.3, -0.25) is 0 Å². The van der Waals surface area contributed by atoms with E-state index in [-0.39, 0.29) is 5.84 Å². The molecule has 13 heavy (non-hydrogen) atoms. The van der Waals surface area contributed by atoms with Gasteiger partial charge in [0.2, 0.25) is 0 Å². The van der Waals surface area contributed by atoms with Crippen molar-refractivity contribution in [2.45, 2.75) is 0 Å². The molecule has 0 fully saturated rings. The summed E-state index contributed by atoms with van der Waals surface area (Å²) in [6, 6.07) is 3.34. The summed E-state index contributed by atoms with van der Waals surface area (Å²) in [4.78, 5) is 0. The van der Waals surface area contributed by atoms with Crippen LogP contribution in [0.25, 0.3) is 5.65 Å². The summed E-state index contributed by atoms with van der Waals surface area (Å²) >= 11 is 0. The third-order valence-electron chi connectivity index (χ3n) is 1.60. The molecule has 66 valence electrons. The van der Waals surface area contributed by atoms with Crippen molar-refractivity contribution in [2.75, 3.05) is 0 Å². The molecule has 7 heteroatoms. The Morgan fingerprint density at radius 3 is 3.15 bits per heavy atom. The van der Waals surface area contributed by atoms with E-state index in [1.165, 1.54) is 4.52 Å². The molecule has 0 amide bonds. The van der Waals surface area contributed by atoms with Gasteiger partial charge in [-0.1, -0.05) is 5.16 Å². The first-order valence-corrected chi connectivity index (χ1v) is 3.47. The van der Waals surface area contributed by atoms with Gasteiger partial charge < -0.3 is 10.9 Å². The summed E-state index contributed by atoms with van der Waals surface area (Å²) < 4.78 is 1.44. The molecule has 0 aromatic carbocycles. The molecule has 2 aromatic rings. The first-order chi connectivity index (χ1) is 6.31. The van der Waals surface area contributed by atoms with Crippen LogP contribution >= 0.6 is 0 Å². The first kappa shape index (κ1) is 7.47. The van der Waals surface area contributed by atoms with Crippen LogP contribution in [-0.2, 0) is 0 Å². The van der Waals surface area contributed by atoms with Crippen LogP contribution in [0.5, 0.6) is 0 Å². The van der Waals surface area contributed by atoms with E-state index >= 15 is 0 Å². The molecule has 2 heterocycles. The average molecular weight is 178 g/mol. The maximum absolute atomic E-state index is 8.41. The average Bonchev–Trinajstić information content (AvgIpc) is 2.63. The van der Waals surface area contributed by atoms with Crippen molar-refractivity contribution in [2.24, 2.45) is 10.9 Å². The highest BCUT2D eigenvalue weighted by Gasteiger charge is 2.01. The summed E-state index contributed by atoms with van der Waals surface area (Å²) in [5.74, 6) is 0.0254. The van der Waals surface area contributed by atoms with Crippen molar-refractivity contribution in [3.05, 3.63) is 23.9 Å². The van der Waals surface area contributed by atoms with Crippen LogP contribution in [0.15, 0.2) is 23.5 Å². The zero-order chi connectivity index (χ0) is 9.26. The van der Waals surface area contributed by atoms with Crippen molar-refractivity contribution in [3.8, 4) is 0 Å². The van der Waals surface area contributed by atoms with Crippen LogP contribution in [0.1, 0.15) is 5.56 Å². The van der Waals surface area contributed by atoms with Gasteiger partial charge in [-0.2, -0.15) is 4.52 Å². The van der Waals surface area contributed by atoms with Crippen molar-refractivity contribution in [3.63, 3.8) is 0 Å². The van der Waals surface area contributed by atoms with Gasteiger partial charge in [-0.05, 0) is 22.6 Å². The van der Waals surface area contributed by atoms with Gasteiger partial charge in [-0.25, -0.2) is 0 Å². The molecule has 3 N–H and O–H groups in total. The number of fused-ring (bicyclic) bond motifs is 1. The minimum atomic E-state index is 0.0254. The summed E-state index contributed by atoms with van der Waals surface area (Å²) in [7, 11) is 0. The Morgan fingerprint density at radius 1 is 1.54 bits per heavy atom. The third-order valence-corrected chi connectivity index (χ3v) is 1.60. The molecule has 2 rings (SSSR count). The van der Waals surface area contributed by atoms with Gasteiger partial charge >= 0.3 is 0 Å². The monoisotopic (exact) mass is 178 g/mol. The fraction of sp³-hybridized carbons (Fsp3) is 0. The molecule has 0 saturated carbocycles. The van der Waals surface area contributed by atoms with Crippen molar-refractivity contribution >= 4 is 11.5 Å². The molecule has 0 spiro atoms. The molecule has 0 bridgehead atoms. The minimum absolute atomic E-state index is 0.0254. The van der Waals surface area contributed by atoms with E-state index in [1.54, 1.807) is 18.3 Å². The number of oxime groups is 1. The maximum Gasteiger partial charge on any atom is 0.179 e. The molecule has 7 nitrogen and oxygen atoms in total. The van der Waals surface area contributed by atoms with E-state index in [9.17, 15) is 0 Å². The Balaban J connectivity index is 2.60. The van der Waals surface area contributed by atoms with E-state index in [0.29, 0.717) is 11.2 Å². The maximum atomic E-state index is 8.41. The van der Waals surface area contributed by atoms with Crippen LogP contribution < -0.4 is 5.73 Å². The molecular weight excluding hydrogens is 172 g/mol. The Labute approximate surface area is 72.5 Å². The van der Waals surface area contributed by atoms with Gasteiger partial charge in [0.25, 0.3) is 0 Å². The van der Waals surface area contributed by atoms with Crippen LogP contribution in [-0.4, -0.2) is 31.1 Å².